The third-order valence-corrected chi connectivity index (χ3v) is 1.59. The van der Waals surface area contributed by atoms with E-state index in [9.17, 15) is 0 Å². The maximum absolute atomic E-state index is 5.70. The monoisotopic (exact) mass is 111 g/mol. The molecule has 0 aromatic carbocycles. The van der Waals surface area contributed by atoms with Crippen LogP contribution in [0.4, 0.5) is 0 Å². The van der Waals surface area contributed by atoms with Crippen molar-refractivity contribution in [1.82, 2.24) is 0 Å². The summed E-state index contributed by atoms with van der Waals surface area (Å²) in [6.45, 7) is 4.15. The van der Waals surface area contributed by atoms with Crippen LogP contribution in [0.3, 0.4) is 0 Å². The molecule has 0 spiro atoms. The van der Waals surface area contributed by atoms with Gasteiger partial charge in [-0.2, -0.15) is 0 Å². The van der Waals surface area contributed by atoms with Crippen molar-refractivity contribution in [1.29, 1.82) is 0 Å². The zero-order chi connectivity index (χ0) is 6.15. The van der Waals surface area contributed by atoms with Crippen LogP contribution < -0.4 is 5.73 Å². The second-order valence-corrected chi connectivity index (χ2v) is 2.73. The summed E-state index contributed by atoms with van der Waals surface area (Å²) >= 11 is 0. The molecule has 1 nitrogen and oxygen atoms in total. The number of hydrogen-bond acceptors (Lipinski definition) is 1. The Morgan fingerprint density at radius 2 is 1.88 bits per heavy atom. The van der Waals surface area contributed by atoms with Gasteiger partial charge in [0.25, 0.3) is 0 Å². The second-order valence-electron chi connectivity index (χ2n) is 2.73. The summed E-state index contributed by atoms with van der Waals surface area (Å²) in [6, 6.07) is 0. The Morgan fingerprint density at radius 1 is 1.38 bits per heavy atom. The first-order chi connectivity index (χ1) is 3.72. The largest absolute Gasteiger partial charge is 0.402 e. The van der Waals surface area contributed by atoms with E-state index in [1.165, 1.54) is 18.4 Å². The Labute approximate surface area is 50.6 Å². The van der Waals surface area contributed by atoms with Gasteiger partial charge in [-0.3, -0.25) is 0 Å². The van der Waals surface area contributed by atoms with Crippen LogP contribution in [-0.2, 0) is 0 Å². The lowest BCUT2D eigenvalue weighted by Gasteiger charge is -1.97. The average molecular weight is 111 g/mol. The highest BCUT2D eigenvalue weighted by molar-refractivity contribution is 5.13. The van der Waals surface area contributed by atoms with Crippen molar-refractivity contribution in [3.05, 3.63) is 11.3 Å². The van der Waals surface area contributed by atoms with Gasteiger partial charge in [-0.15, -0.1) is 0 Å². The molecule has 1 saturated carbocycles. The summed E-state index contributed by atoms with van der Waals surface area (Å²) < 4.78 is 0. The summed E-state index contributed by atoms with van der Waals surface area (Å²) in [7, 11) is 0. The predicted octanol–water partition coefficient (Wildman–Crippen LogP) is 1.65. The van der Waals surface area contributed by atoms with Crippen molar-refractivity contribution >= 4 is 0 Å². The summed E-state index contributed by atoms with van der Waals surface area (Å²) in [6.07, 6.45) is 2.63. The van der Waals surface area contributed by atoms with Crippen LogP contribution in [0.2, 0.25) is 0 Å². The van der Waals surface area contributed by atoms with Gasteiger partial charge in [0.15, 0.2) is 0 Å². The third kappa shape index (κ3) is 1.03. The zero-order valence-electron chi connectivity index (χ0n) is 5.57. The van der Waals surface area contributed by atoms with Crippen LogP contribution in [0.25, 0.3) is 0 Å². The number of hydrogen-bond donors (Lipinski definition) is 1. The molecule has 1 aliphatic rings. The molecule has 8 heavy (non-hydrogen) atoms. The second kappa shape index (κ2) is 1.81. The molecule has 2 N–H and O–H groups in total. The molecule has 0 radical (unpaired) electrons. The summed E-state index contributed by atoms with van der Waals surface area (Å²) in [5.74, 6) is 0.750. The lowest BCUT2D eigenvalue weighted by atomic mass is 10.2. The fraction of sp³-hybridized carbons (Fsp3) is 0.714. The van der Waals surface area contributed by atoms with E-state index in [1.807, 2.05) is 0 Å². The molecule has 0 heterocycles. The van der Waals surface area contributed by atoms with E-state index in [2.05, 4.69) is 13.8 Å². The van der Waals surface area contributed by atoms with E-state index in [-0.39, 0.29) is 0 Å². The highest BCUT2D eigenvalue weighted by Gasteiger charge is 2.24. The van der Waals surface area contributed by atoms with Crippen LogP contribution in [-0.4, -0.2) is 0 Å². The first kappa shape index (κ1) is 5.67. The first-order valence-corrected chi connectivity index (χ1v) is 3.14. The molecule has 1 rings (SSSR count). The minimum absolute atomic E-state index is 0.750. The van der Waals surface area contributed by atoms with E-state index < -0.39 is 0 Å². The molecule has 0 atom stereocenters. The molecular weight excluding hydrogens is 98.1 g/mol. The molecule has 0 aromatic rings. The van der Waals surface area contributed by atoms with Crippen molar-refractivity contribution < 1.29 is 0 Å². The van der Waals surface area contributed by atoms with Crippen LogP contribution in [0.5, 0.6) is 0 Å². The summed E-state index contributed by atoms with van der Waals surface area (Å²) in [4.78, 5) is 0. The molecular formula is C7H13N. The normalized spacial score (nSPS) is 18.2. The highest BCUT2D eigenvalue weighted by atomic mass is 14.6. The topological polar surface area (TPSA) is 26.0 Å². The average Bonchev–Trinajstić information content (AvgIpc) is 2.43. The van der Waals surface area contributed by atoms with Crippen LogP contribution in [0.15, 0.2) is 11.3 Å². The first-order valence-electron chi connectivity index (χ1n) is 3.14. The van der Waals surface area contributed by atoms with Crippen molar-refractivity contribution in [2.45, 2.75) is 26.7 Å². The maximum Gasteiger partial charge on any atom is 0.00982 e. The minimum atomic E-state index is 0.750. The van der Waals surface area contributed by atoms with Gasteiger partial charge in [0, 0.05) is 5.70 Å². The van der Waals surface area contributed by atoms with E-state index in [1.54, 1.807) is 0 Å². The number of rotatable bonds is 1. The van der Waals surface area contributed by atoms with Crippen molar-refractivity contribution in [2.75, 3.05) is 0 Å². The van der Waals surface area contributed by atoms with Gasteiger partial charge in [-0.25, -0.2) is 0 Å². The molecule has 0 unspecified atom stereocenters. The number of allylic oxidation sites excluding steroid dienone is 2. The molecule has 0 aliphatic heterocycles. The maximum atomic E-state index is 5.70. The predicted molar refractivity (Wildman–Crippen MR) is 35.3 cm³/mol. The standard InChI is InChI=1S/C7H13N/c1-5(2)7(8)6-3-4-6/h6H,3-4,8H2,1-2H3. The quantitative estimate of drug-likeness (QED) is 0.547. The van der Waals surface area contributed by atoms with Crippen molar-refractivity contribution in [3.8, 4) is 0 Å². The minimum Gasteiger partial charge on any atom is -0.402 e. The van der Waals surface area contributed by atoms with E-state index in [4.69, 9.17) is 5.73 Å². The van der Waals surface area contributed by atoms with E-state index >= 15 is 0 Å². The van der Waals surface area contributed by atoms with Crippen LogP contribution in [0.1, 0.15) is 26.7 Å². The van der Waals surface area contributed by atoms with Gasteiger partial charge in [0.2, 0.25) is 0 Å². The Hall–Kier alpha value is -0.460. The molecule has 46 valence electrons. The smallest absolute Gasteiger partial charge is 0.00982 e. The fourth-order valence-electron chi connectivity index (χ4n) is 0.803. The molecule has 0 aromatic heterocycles. The Kier molecular flexibility index (Phi) is 1.28. The highest BCUT2D eigenvalue weighted by Crippen LogP contribution is 2.34. The van der Waals surface area contributed by atoms with Gasteiger partial charge >= 0.3 is 0 Å². The van der Waals surface area contributed by atoms with Crippen LogP contribution in [0, 0.1) is 5.92 Å². The van der Waals surface area contributed by atoms with Crippen LogP contribution >= 0.6 is 0 Å². The van der Waals surface area contributed by atoms with Gasteiger partial charge in [-0.1, -0.05) is 5.57 Å². The van der Waals surface area contributed by atoms with Gasteiger partial charge < -0.3 is 5.73 Å². The summed E-state index contributed by atoms with van der Waals surface area (Å²) in [5.41, 5.74) is 8.13. The molecule has 1 fully saturated rings. The molecule has 0 amide bonds. The lowest BCUT2D eigenvalue weighted by Crippen LogP contribution is -2.00. The Balaban J connectivity index is 2.54. The van der Waals surface area contributed by atoms with Crippen molar-refractivity contribution in [2.24, 2.45) is 11.7 Å². The third-order valence-electron chi connectivity index (χ3n) is 1.59. The zero-order valence-corrected chi connectivity index (χ0v) is 5.57. The SMILES string of the molecule is CC(C)=C(N)C1CC1. The van der Waals surface area contributed by atoms with Gasteiger partial charge in [-0.05, 0) is 32.6 Å². The van der Waals surface area contributed by atoms with E-state index in [0.29, 0.717) is 0 Å². The lowest BCUT2D eigenvalue weighted by molar-refractivity contribution is 0.947. The molecule has 1 heteroatoms. The van der Waals surface area contributed by atoms with Gasteiger partial charge in [0.1, 0.15) is 0 Å². The number of nitrogens with two attached hydrogens (primary N) is 1. The summed E-state index contributed by atoms with van der Waals surface area (Å²) in [5, 5.41) is 0. The Bertz CT molecular complexity index is 116. The van der Waals surface area contributed by atoms with Crippen molar-refractivity contribution in [3.63, 3.8) is 0 Å². The molecule has 0 bridgehead atoms. The molecule has 0 saturated heterocycles. The Morgan fingerprint density at radius 3 is 2.00 bits per heavy atom. The fourth-order valence-corrected chi connectivity index (χ4v) is 0.803. The molecule has 1 aliphatic carbocycles. The van der Waals surface area contributed by atoms with Gasteiger partial charge in [0.05, 0.1) is 0 Å². The van der Waals surface area contributed by atoms with E-state index in [0.717, 1.165) is 11.6 Å².